The van der Waals surface area contributed by atoms with Crippen molar-refractivity contribution < 1.29 is 23.5 Å². The first-order chi connectivity index (χ1) is 9.07. The lowest BCUT2D eigenvalue weighted by molar-refractivity contribution is -0.0979. The number of hydrogen-bond acceptors (Lipinski definition) is 5. The van der Waals surface area contributed by atoms with Gasteiger partial charge in [0.05, 0.1) is 18.5 Å². The Labute approximate surface area is 114 Å². The topological polar surface area (TPSA) is 65.0 Å². The molecule has 0 aliphatic heterocycles. The van der Waals surface area contributed by atoms with Crippen molar-refractivity contribution in [1.29, 1.82) is 0 Å². The SMILES string of the molecule is CCO[C@@H](O)c1ccc(P(=O)(OCC)OCC)cc1. The van der Waals surface area contributed by atoms with Gasteiger partial charge in [-0.2, -0.15) is 0 Å². The molecule has 108 valence electrons. The molecule has 1 rings (SSSR count). The molecule has 0 heterocycles. The second-order valence-corrected chi connectivity index (χ2v) is 5.76. The van der Waals surface area contributed by atoms with Gasteiger partial charge in [0.15, 0.2) is 6.29 Å². The molecular weight excluding hydrogens is 267 g/mol. The summed E-state index contributed by atoms with van der Waals surface area (Å²) in [5.41, 5.74) is 0.602. The maximum atomic E-state index is 12.5. The lowest BCUT2D eigenvalue weighted by atomic mass is 10.2. The maximum Gasteiger partial charge on any atom is 0.361 e. The molecule has 0 aliphatic rings. The Kier molecular flexibility index (Phi) is 6.69. The lowest BCUT2D eigenvalue weighted by Crippen LogP contribution is -2.12. The molecule has 1 N–H and O–H groups in total. The highest BCUT2D eigenvalue weighted by Crippen LogP contribution is 2.46. The molecule has 0 saturated heterocycles. The molecule has 0 spiro atoms. The zero-order chi connectivity index (χ0) is 14.3. The molecule has 1 aromatic rings. The first kappa shape index (κ1) is 16.3. The minimum absolute atomic E-state index is 0.306. The van der Waals surface area contributed by atoms with Gasteiger partial charge in [0, 0.05) is 12.2 Å². The van der Waals surface area contributed by atoms with Gasteiger partial charge < -0.3 is 18.9 Å². The van der Waals surface area contributed by atoms with Crippen molar-refractivity contribution in [3.8, 4) is 0 Å². The van der Waals surface area contributed by atoms with Gasteiger partial charge in [0.2, 0.25) is 0 Å². The van der Waals surface area contributed by atoms with Crippen molar-refractivity contribution in [2.45, 2.75) is 27.1 Å². The molecule has 1 aromatic carbocycles. The van der Waals surface area contributed by atoms with Crippen molar-refractivity contribution in [3.05, 3.63) is 29.8 Å². The molecule has 0 fully saturated rings. The molecule has 6 heteroatoms. The summed E-state index contributed by atoms with van der Waals surface area (Å²) in [6, 6.07) is 6.56. The van der Waals surface area contributed by atoms with E-state index in [-0.39, 0.29) is 0 Å². The van der Waals surface area contributed by atoms with Crippen molar-refractivity contribution in [1.82, 2.24) is 0 Å². The summed E-state index contributed by atoms with van der Waals surface area (Å²) in [5, 5.41) is 10.1. The molecular formula is C13H21O5P. The van der Waals surface area contributed by atoms with Gasteiger partial charge in [-0.3, -0.25) is 4.57 Å². The van der Waals surface area contributed by atoms with E-state index in [1.165, 1.54) is 0 Å². The van der Waals surface area contributed by atoms with Gasteiger partial charge in [-0.15, -0.1) is 0 Å². The zero-order valence-electron chi connectivity index (χ0n) is 11.5. The highest BCUT2D eigenvalue weighted by Gasteiger charge is 2.26. The monoisotopic (exact) mass is 288 g/mol. The van der Waals surface area contributed by atoms with Crippen molar-refractivity contribution in [3.63, 3.8) is 0 Å². The normalized spacial score (nSPS) is 13.5. The fraction of sp³-hybridized carbons (Fsp3) is 0.538. The molecule has 0 aliphatic carbocycles. The largest absolute Gasteiger partial charge is 0.364 e. The van der Waals surface area contributed by atoms with Crippen LogP contribution in [0.4, 0.5) is 0 Å². The van der Waals surface area contributed by atoms with E-state index in [9.17, 15) is 9.67 Å². The van der Waals surface area contributed by atoms with Gasteiger partial charge >= 0.3 is 7.60 Å². The van der Waals surface area contributed by atoms with Crippen LogP contribution in [-0.2, 0) is 18.3 Å². The van der Waals surface area contributed by atoms with Crippen molar-refractivity contribution >= 4 is 12.9 Å². The highest BCUT2D eigenvalue weighted by atomic mass is 31.2. The van der Waals surface area contributed by atoms with Crippen LogP contribution < -0.4 is 5.30 Å². The summed E-state index contributed by atoms with van der Waals surface area (Å²) in [5.74, 6) is 0. The van der Waals surface area contributed by atoms with Gasteiger partial charge in [-0.05, 0) is 32.9 Å². The van der Waals surface area contributed by atoms with Crippen LogP contribution in [0, 0.1) is 0 Å². The minimum Gasteiger partial charge on any atom is -0.364 e. The van der Waals surface area contributed by atoms with E-state index in [0.29, 0.717) is 30.7 Å². The van der Waals surface area contributed by atoms with E-state index in [4.69, 9.17) is 13.8 Å². The predicted octanol–water partition coefficient (Wildman–Crippen LogP) is 2.61. The van der Waals surface area contributed by atoms with Crippen LogP contribution in [-0.4, -0.2) is 24.9 Å². The average Bonchev–Trinajstić information content (AvgIpc) is 2.40. The van der Waals surface area contributed by atoms with Gasteiger partial charge in [-0.25, -0.2) is 0 Å². The summed E-state index contributed by atoms with van der Waals surface area (Å²) >= 11 is 0. The Bertz CT molecular complexity index is 408. The van der Waals surface area contributed by atoms with E-state index in [1.807, 2.05) is 0 Å². The van der Waals surface area contributed by atoms with Gasteiger partial charge in [-0.1, -0.05) is 12.1 Å². The van der Waals surface area contributed by atoms with Crippen LogP contribution in [0.25, 0.3) is 0 Å². The van der Waals surface area contributed by atoms with Crippen LogP contribution >= 0.6 is 7.60 Å². The number of benzene rings is 1. The molecule has 1 atom stereocenters. The van der Waals surface area contributed by atoms with Crippen molar-refractivity contribution in [2.75, 3.05) is 19.8 Å². The highest BCUT2D eigenvalue weighted by molar-refractivity contribution is 7.62. The van der Waals surface area contributed by atoms with E-state index >= 15 is 0 Å². The number of aliphatic hydroxyl groups is 1. The van der Waals surface area contributed by atoms with E-state index in [1.54, 1.807) is 45.0 Å². The van der Waals surface area contributed by atoms with E-state index in [2.05, 4.69) is 0 Å². The third-order valence-corrected chi connectivity index (χ3v) is 4.54. The molecule has 19 heavy (non-hydrogen) atoms. The Morgan fingerprint density at radius 3 is 2.00 bits per heavy atom. The van der Waals surface area contributed by atoms with Gasteiger partial charge in [0.25, 0.3) is 0 Å². The summed E-state index contributed by atoms with van der Waals surface area (Å²) < 4.78 is 28.0. The second-order valence-electron chi connectivity index (χ2n) is 3.73. The minimum atomic E-state index is -3.26. The molecule has 0 bridgehead atoms. The molecule has 0 amide bonds. The number of rotatable bonds is 8. The van der Waals surface area contributed by atoms with Crippen LogP contribution in [0.2, 0.25) is 0 Å². The molecule has 0 unspecified atom stereocenters. The predicted molar refractivity (Wildman–Crippen MR) is 73.5 cm³/mol. The lowest BCUT2D eigenvalue weighted by Gasteiger charge is -2.18. The fourth-order valence-corrected chi connectivity index (χ4v) is 3.17. The summed E-state index contributed by atoms with van der Waals surface area (Å²) in [4.78, 5) is 0. The van der Waals surface area contributed by atoms with Crippen molar-refractivity contribution in [2.24, 2.45) is 0 Å². The smallest absolute Gasteiger partial charge is 0.361 e. The Balaban J connectivity index is 2.92. The van der Waals surface area contributed by atoms with E-state index < -0.39 is 13.9 Å². The molecule has 5 nitrogen and oxygen atoms in total. The van der Waals surface area contributed by atoms with Gasteiger partial charge in [0.1, 0.15) is 0 Å². The third kappa shape index (κ3) is 4.41. The number of aliphatic hydroxyl groups excluding tert-OH is 1. The zero-order valence-corrected chi connectivity index (χ0v) is 12.4. The molecule has 0 aromatic heterocycles. The fourth-order valence-electron chi connectivity index (χ4n) is 1.60. The van der Waals surface area contributed by atoms with Crippen LogP contribution in [0.1, 0.15) is 32.6 Å². The van der Waals surface area contributed by atoms with Crippen LogP contribution in [0.15, 0.2) is 24.3 Å². The number of hydrogen-bond donors (Lipinski definition) is 1. The Morgan fingerprint density at radius 2 is 1.58 bits per heavy atom. The average molecular weight is 288 g/mol. The summed E-state index contributed by atoms with van der Waals surface area (Å²) in [6.45, 7) is 6.36. The quantitative estimate of drug-likeness (QED) is 0.588. The summed E-state index contributed by atoms with van der Waals surface area (Å²) in [6.07, 6.45) is -0.974. The van der Waals surface area contributed by atoms with Crippen LogP contribution in [0.3, 0.4) is 0 Å². The molecule has 0 radical (unpaired) electrons. The second kappa shape index (κ2) is 7.78. The summed E-state index contributed by atoms with van der Waals surface area (Å²) in [7, 11) is -3.26. The standard InChI is InChI=1S/C13H21O5P/c1-4-16-13(14)11-7-9-12(10-8-11)19(15,17-5-2)18-6-3/h7-10,13-14H,4-6H2,1-3H3/t13-/m1/s1. The first-order valence-corrected chi connectivity index (χ1v) is 7.91. The first-order valence-electron chi connectivity index (χ1n) is 6.36. The van der Waals surface area contributed by atoms with E-state index in [0.717, 1.165) is 0 Å². The molecule has 0 saturated carbocycles. The Hall–Kier alpha value is -0.710. The Morgan fingerprint density at radius 1 is 1.05 bits per heavy atom. The third-order valence-electron chi connectivity index (χ3n) is 2.42. The van der Waals surface area contributed by atoms with Crippen LogP contribution in [0.5, 0.6) is 0 Å². The number of ether oxygens (including phenoxy) is 1. The maximum absolute atomic E-state index is 12.5.